The second-order valence-electron chi connectivity index (χ2n) is 10.6. The van der Waals surface area contributed by atoms with E-state index < -0.39 is 0 Å². The molecule has 0 spiro atoms. The topological polar surface area (TPSA) is 0 Å². The Morgan fingerprint density at radius 1 is 1.00 bits per heavy atom. The van der Waals surface area contributed by atoms with Gasteiger partial charge in [0, 0.05) is 0 Å². The lowest BCUT2D eigenvalue weighted by Crippen LogP contribution is -2.44. The van der Waals surface area contributed by atoms with Crippen LogP contribution in [0.25, 0.3) is 0 Å². The van der Waals surface area contributed by atoms with Crippen LogP contribution in [0.4, 0.5) is 0 Å². The molecule has 0 aliphatic heterocycles. The van der Waals surface area contributed by atoms with Crippen LogP contribution in [0.1, 0.15) is 86.0 Å². The maximum absolute atomic E-state index is 4.30. The molecule has 0 aromatic rings. The van der Waals surface area contributed by atoms with Crippen molar-refractivity contribution in [1.82, 2.24) is 0 Å². The van der Waals surface area contributed by atoms with Crippen LogP contribution in [0.2, 0.25) is 0 Å². The van der Waals surface area contributed by atoms with E-state index in [4.69, 9.17) is 0 Å². The molecule has 0 nitrogen and oxygen atoms in total. The summed E-state index contributed by atoms with van der Waals surface area (Å²) in [5.74, 6) is 3.58. The molecule has 4 aliphatic rings. The van der Waals surface area contributed by atoms with E-state index in [2.05, 4.69) is 53.9 Å². The predicted octanol–water partition coefficient (Wildman–Crippen LogP) is 7.72. The summed E-state index contributed by atoms with van der Waals surface area (Å²) >= 11 is 0. The van der Waals surface area contributed by atoms with Gasteiger partial charge in [0.1, 0.15) is 0 Å². The average Bonchev–Trinajstić information content (AvgIpc) is 3.09. The van der Waals surface area contributed by atoms with E-state index in [0.29, 0.717) is 10.8 Å². The third-order valence-corrected chi connectivity index (χ3v) is 8.34. The molecule has 0 aromatic carbocycles. The van der Waals surface area contributed by atoms with Gasteiger partial charge < -0.3 is 0 Å². The van der Waals surface area contributed by atoms with Gasteiger partial charge in [-0.05, 0) is 92.8 Å². The molecule has 0 heterocycles. The molecule has 0 heteroatoms. The summed E-state index contributed by atoms with van der Waals surface area (Å²) in [6.07, 6.45) is 13.2. The average molecular weight is 341 g/mol. The Bertz CT molecular complexity index is 571. The fourth-order valence-corrected chi connectivity index (χ4v) is 6.18. The van der Waals surface area contributed by atoms with E-state index in [9.17, 15) is 0 Å². The van der Waals surface area contributed by atoms with E-state index >= 15 is 0 Å². The Balaban J connectivity index is 0.000000157. The number of hydrogen-bond donors (Lipinski definition) is 0. The van der Waals surface area contributed by atoms with E-state index in [1.807, 2.05) is 0 Å². The molecular formula is C25H40. The standard InChI is InChI=1S/C15H24.C10H16/c1-11-6-5-7-12(2)13-10-15(3,4)14(13)9-8-11;1-7-8-4-5-9(6-8)10(7,2)3/h6,13-14H,2,5,7-10H2,1,3-4H3;8-9H,1,4-6H2,2-3H3/b11-6+;/t13-,14-;/m1./s1. The number of rotatable bonds is 0. The van der Waals surface area contributed by atoms with Gasteiger partial charge in [-0.25, -0.2) is 0 Å². The molecule has 2 unspecified atom stereocenters. The molecule has 0 amide bonds. The van der Waals surface area contributed by atoms with Crippen LogP contribution in [0, 0.1) is 34.5 Å². The number of allylic oxidation sites excluding steroid dienone is 4. The van der Waals surface area contributed by atoms with Crippen molar-refractivity contribution in [3.05, 3.63) is 36.0 Å². The lowest BCUT2D eigenvalue weighted by molar-refractivity contribution is 0.00384. The molecular weight excluding hydrogens is 300 g/mol. The fourth-order valence-electron chi connectivity index (χ4n) is 6.18. The van der Waals surface area contributed by atoms with Gasteiger partial charge in [-0.2, -0.15) is 0 Å². The maximum Gasteiger partial charge on any atom is -0.0116 e. The van der Waals surface area contributed by atoms with Gasteiger partial charge in [-0.3, -0.25) is 0 Å². The largest absolute Gasteiger partial charge is 0.0996 e. The quantitative estimate of drug-likeness (QED) is 0.396. The minimum Gasteiger partial charge on any atom is -0.0996 e. The predicted molar refractivity (Wildman–Crippen MR) is 110 cm³/mol. The van der Waals surface area contributed by atoms with Crippen molar-refractivity contribution in [2.45, 2.75) is 86.0 Å². The second kappa shape index (κ2) is 6.75. The molecule has 2 bridgehead atoms. The summed E-state index contributed by atoms with van der Waals surface area (Å²) in [7, 11) is 0. The minimum atomic E-state index is 0.475. The van der Waals surface area contributed by atoms with Crippen molar-refractivity contribution in [3.8, 4) is 0 Å². The normalized spacial score (nSPS) is 40.4. The lowest BCUT2D eigenvalue weighted by atomic mass is 9.52. The van der Waals surface area contributed by atoms with Crippen molar-refractivity contribution in [3.63, 3.8) is 0 Å². The molecule has 0 aromatic heterocycles. The second-order valence-corrected chi connectivity index (χ2v) is 10.6. The lowest BCUT2D eigenvalue weighted by Gasteiger charge is -2.53. The van der Waals surface area contributed by atoms with Crippen molar-refractivity contribution in [2.75, 3.05) is 0 Å². The van der Waals surface area contributed by atoms with Gasteiger partial charge in [-0.1, -0.05) is 63.6 Å². The molecule has 140 valence electrons. The number of fused-ring (bicyclic) bond motifs is 3. The molecule has 3 fully saturated rings. The van der Waals surface area contributed by atoms with Crippen molar-refractivity contribution < 1.29 is 0 Å². The highest BCUT2D eigenvalue weighted by atomic mass is 14.5. The van der Waals surface area contributed by atoms with E-state index in [1.165, 1.54) is 62.5 Å². The molecule has 0 radical (unpaired) electrons. The Labute approximate surface area is 156 Å². The van der Waals surface area contributed by atoms with Gasteiger partial charge in [0.2, 0.25) is 0 Å². The molecule has 4 atom stereocenters. The highest BCUT2D eigenvalue weighted by Gasteiger charge is 2.48. The van der Waals surface area contributed by atoms with Gasteiger partial charge in [-0.15, -0.1) is 0 Å². The summed E-state index contributed by atoms with van der Waals surface area (Å²) in [5, 5.41) is 0. The summed E-state index contributed by atoms with van der Waals surface area (Å²) < 4.78 is 0. The van der Waals surface area contributed by atoms with Crippen LogP contribution < -0.4 is 0 Å². The van der Waals surface area contributed by atoms with E-state index in [1.54, 1.807) is 5.57 Å². The summed E-state index contributed by atoms with van der Waals surface area (Å²) in [6, 6.07) is 0. The maximum atomic E-state index is 4.30. The molecule has 0 N–H and O–H groups in total. The van der Waals surface area contributed by atoms with Crippen LogP contribution in [0.15, 0.2) is 36.0 Å². The Morgan fingerprint density at radius 2 is 1.72 bits per heavy atom. The Morgan fingerprint density at radius 3 is 2.24 bits per heavy atom. The zero-order chi connectivity index (χ0) is 18.4. The third kappa shape index (κ3) is 3.56. The van der Waals surface area contributed by atoms with Crippen LogP contribution >= 0.6 is 0 Å². The summed E-state index contributed by atoms with van der Waals surface area (Å²) in [4.78, 5) is 0. The van der Waals surface area contributed by atoms with E-state index in [0.717, 1.165) is 23.7 Å². The molecule has 4 aliphatic carbocycles. The minimum absolute atomic E-state index is 0.475. The zero-order valence-electron chi connectivity index (χ0n) is 17.5. The highest BCUT2D eigenvalue weighted by molar-refractivity contribution is 5.22. The Kier molecular flexibility index (Phi) is 5.13. The first-order chi connectivity index (χ1) is 11.6. The zero-order valence-corrected chi connectivity index (χ0v) is 17.5. The first-order valence-corrected chi connectivity index (χ1v) is 10.7. The van der Waals surface area contributed by atoms with Crippen LogP contribution in [-0.2, 0) is 0 Å². The molecule has 3 saturated carbocycles. The van der Waals surface area contributed by atoms with Gasteiger partial charge >= 0.3 is 0 Å². The first kappa shape index (κ1) is 19.0. The summed E-state index contributed by atoms with van der Waals surface area (Å²) in [6.45, 7) is 20.4. The van der Waals surface area contributed by atoms with Crippen LogP contribution in [0.3, 0.4) is 0 Å². The van der Waals surface area contributed by atoms with Gasteiger partial charge in [0.25, 0.3) is 0 Å². The smallest absolute Gasteiger partial charge is 0.0116 e. The third-order valence-electron chi connectivity index (χ3n) is 8.34. The molecule has 25 heavy (non-hydrogen) atoms. The fraction of sp³-hybridized carbons (Fsp3) is 0.760. The molecule has 0 saturated heterocycles. The Hall–Kier alpha value is -0.780. The van der Waals surface area contributed by atoms with E-state index in [-0.39, 0.29) is 0 Å². The van der Waals surface area contributed by atoms with Gasteiger partial charge in [0.15, 0.2) is 0 Å². The monoisotopic (exact) mass is 340 g/mol. The van der Waals surface area contributed by atoms with Gasteiger partial charge in [0.05, 0.1) is 0 Å². The highest BCUT2D eigenvalue weighted by Crippen LogP contribution is 2.58. The van der Waals surface area contributed by atoms with Crippen molar-refractivity contribution >= 4 is 0 Å². The number of hydrogen-bond acceptors (Lipinski definition) is 0. The van der Waals surface area contributed by atoms with Crippen molar-refractivity contribution in [1.29, 1.82) is 0 Å². The van der Waals surface area contributed by atoms with Crippen molar-refractivity contribution in [2.24, 2.45) is 34.5 Å². The SMILES string of the molecule is C=C1C2CCC(C2)C1(C)C.C=C1CC/C=C(\C)CC[C@@H]2[C@@H]1CC2(C)C. The first-order valence-electron chi connectivity index (χ1n) is 10.7. The molecule has 4 rings (SSSR count). The van der Waals surface area contributed by atoms with Crippen LogP contribution in [0.5, 0.6) is 0 Å². The van der Waals surface area contributed by atoms with Crippen LogP contribution in [-0.4, -0.2) is 0 Å². The summed E-state index contributed by atoms with van der Waals surface area (Å²) in [5.41, 5.74) is 5.68.